The van der Waals surface area contributed by atoms with Crippen LogP contribution in [0.2, 0.25) is 0 Å². The molecule has 0 unspecified atom stereocenters. The van der Waals surface area contributed by atoms with E-state index in [1.165, 1.54) is 25.3 Å². The lowest BCUT2D eigenvalue weighted by molar-refractivity contribution is 0.0597. The Hall–Kier alpha value is -1.91. The molecule has 18 heavy (non-hydrogen) atoms. The molecule has 0 aliphatic carbocycles. The van der Waals surface area contributed by atoms with Crippen LogP contribution in [0.25, 0.3) is 0 Å². The zero-order valence-corrected chi connectivity index (χ0v) is 10.7. The first-order valence-electron chi connectivity index (χ1n) is 4.83. The minimum Gasteiger partial charge on any atom is -0.465 e. The smallest absolute Gasteiger partial charge is 0.338 e. The van der Waals surface area contributed by atoms with E-state index in [0.29, 0.717) is 5.56 Å². The van der Waals surface area contributed by atoms with Crippen LogP contribution < -0.4 is 0 Å². The van der Waals surface area contributed by atoms with Crippen molar-refractivity contribution in [3.8, 4) is 6.07 Å². The van der Waals surface area contributed by atoms with Crippen LogP contribution in [-0.4, -0.2) is 27.8 Å². The number of rotatable bonds is 4. The van der Waals surface area contributed by atoms with Gasteiger partial charge in [0, 0.05) is 0 Å². The molecule has 0 bridgehead atoms. The number of esters is 1. The van der Waals surface area contributed by atoms with Crippen LogP contribution in [0.4, 0.5) is 0 Å². The monoisotopic (exact) mass is 269 g/mol. The molecule has 1 aromatic carbocycles. The number of benzene rings is 1. The van der Waals surface area contributed by atoms with Crippen LogP contribution in [0, 0.1) is 11.3 Å². The maximum atomic E-state index is 11.4. The minimum atomic E-state index is -3.63. The van der Waals surface area contributed by atoms with Crippen molar-refractivity contribution in [2.45, 2.75) is 6.61 Å². The second kappa shape index (κ2) is 5.62. The highest BCUT2D eigenvalue weighted by atomic mass is 32.2. The summed E-state index contributed by atoms with van der Waals surface area (Å²) in [5, 5.41) is 8.75. The second-order valence-electron chi connectivity index (χ2n) is 3.44. The molecule has 0 aliphatic rings. The quantitative estimate of drug-likeness (QED) is 0.593. The van der Waals surface area contributed by atoms with E-state index in [9.17, 15) is 13.2 Å². The van der Waals surface area contributed by atoms with Crippen molar-refractivity contribution in [1.82, 2.24) is 0 Å². The fourth-order valence-corrected chi connectivity index (χ4v) is 1.60. The molecule has 1 aromatic rings. The van der Waals surface area contributed by atoms with Gasteiger partial charge in [0.25, 0.3) is 10.1 Å². The first kappa shape index (κ1) is 14.2. The Morgan fingerprint density at radius 2 is 2.11 bits per heavy atom. The molecule has 0 saturated heterocycles. The maximum absolute atomic E-state index is 11.4. The van der Waals surface area contributed by atoms with E-state index < -0.39 is 16.1 Å². The van der Waals surface area contributed by atoms with E-state index >= 15 is 0 Å². The topological polar surface area (TPSA) is 93.5 Å². The molecule has 0 saturated carbocycles. The lowest BCUT2D eigenvalue weighted by Crippen LogP contribution is -2.09. The Kier molecular flexibility index (Phi) is 4.42. The summed E-state index contributed by atoms with van der Waals surface area (Å²) >= 11 is 0. The Balaban J connectivity index is 3.13. The number of ether oxygens (including phenoxy) is 1. The predicted molar refractivity (Wildman–Crippen MR) is 62.1 cm³/mol. The zero-order chi connectivity index (χ0) is 13.8. The summed E-state index contributed by atoms with van der Waals surface area (Å²) in [5.41, 5.74) is 0.751. The number of methoxy groups -OCH3 is 1. The SMILES string of the molecule is COC(=O)c1ccc(C#N)cc1COS(C)(=O)=O. The first-order chi connectivity index (χ1) is 8.37. The summed E-state index contributed by atoms with van der Waals surface area (Å²) < 4.78 is 31.0. The highest BCUT2D eigenvalue weighted by Crippen LogP contribution is 2.15. The molecular weight excluding hydrogens is 258 g/mol. The second-order valence-corrected chi connectivity index (χ2v) is 5.09. The molecular formula is C11H11NO5S. The molecule has 0 aliphatic heterocycles. The molecule has 0 radical (unpaired) electrons. The first-order valence-corrected chi connectivity index (χ1v) is 6.65. The number of nitrogens with zero attached hydrogens (tertiary/aromatic N) is 1. The highest BCUT2D eigenvalue weighted by molar-refractivity contribution is 7.85. The van der Waals surface area contributed by atoms with Gasteiger partial charge in [0.05, 0.1) is 37.2 Å². The van der Waals surface area contributed by atoms with Gasteiger partial charge in [0.1, 0.15) is 0 Å². The standard InChI is InChI=1S/C11H11NO5S/c1-16-11(13)10-4-3-8(6-12)5-9(10)7-17-18(2,14)15/h3-5H,7H2,1-2H3. The summed E-state index contributed by atoms with van der Waals surface area (Å²) in [5.74, 6) is -0.619. The Labute approximate surface area is 105 Å². The van der Waals surface area contributed by atoms with E-state index in [0.717, 1.165) is 6.26 Å². The van der Waals surface area contributed by atoms with Gasteiger partial charge >= 0.3 is 5.97 Å². The summed E-state index contributed by atoms with van der Waals surface area (Å²) in [4.78, 5) is 11.4. The van der Waals surface area contributed by atoms with Crippen LogP contribution >= 0.6 is 0 Å². The van der Waals surface area contributed by atoms with Crippen molar-refractivity contribution in [1.29, 1.82) is 5.26 Å². The van der Waals surface area contributed by atoms with Gasteiger partial charge in [-0.1, -0.05) is 0 Å². The summed E-state index contributed by atoms with van der Waals surface area (Å²) in [6.07, 6.45) is 0.902. The van der Waals surface area contributed by atoms with Gasteiger partial charge in [-0.3, -0.25) is 4.18 Å². The molecule has 0 atom stereocenters. The lowest BCUT2D eigenvalue weighted by Gasteiger charge is -2.08. The maximum Gasteiger partial charge on any atom is 0.338 e. The molecule has 0 fully saturated rings. The lowest BCUT2D eigenvalue weighted by atomic mass is 10.1. The van der Waals surface area contributed by atoms with Gasteiger partial charge in [0.2, 0.25) is 0 Å². The largest absolute Gasteiger partial charge is 0.465 e. The summed E-state index contributed by atoms with van der Waals surface area (Å²) in [6, 6.07) is 6.11. The number of carbonyl (C=O) groups excluding carboxylic acids is 1. The fourth-order valence-electron chi connectivity index (χ4n) is 1.26. The molecule has 6 nitrogen and oxygen atoms in total. The van der Waals surface area contributed by atoms with Crippen molar-refractivity contribution in [2.75, 3.05) is 13.4 Å². The molecule has 0 aromatic heterocycles. The zero-order valence-electron chi connectivity index (χ0n) is 9.84. The van der Waals surface area contributed by atoms with Crippen molar-refractivity contribution >= 4 is 16.1 Å². The van der Waals surface area contributed by atoms with Crippen LogP contribution in [0.3, 0.4) is 0 Å². The molecule has 1 rings (SSSR count). The third-order valence-electron chi connectivity index (χ3n) is 2.07. The van der Waals surface area contributed by atoms with Crippen LogP contribution in [-0.2, 0) is 25.6 Å². The van der Waals surface area contributed by atoms with Gasteiger partial charge in [0.15, 0.2) is 0 Å². The number of hydrogen-bond donors (Lipinski definition) is 0. The van der Waals surface area contributed by atoms with E-state index in [-0.39, 0.29) is 17.7 Å². The van der Waals surface area contributed by atoms with Crippen LogP contribution in [0.5, 0.6) is 0 Å². The molecule has 7 heteroatoms. The molecule has 0 amide bonds. The molecule has 0 heterocycles. The number of hydrogen-bond acceptors (Lipinski definition) is 6. The fraction of sp³-hybridized carbons (Fsp3) is 0.273. The third-order valence-corrected chi connectivity index (χ3v) is 2.61. The normalized spacial score (nSPS) is 10.7. The van der Waals surface area contributed by atoms with Crippen molar-refractivity contribution in [3.05, 3.63) is 34.9 Å². The number of carbonyl (C=O) groups is 1. The average molecular weight is 269 g/mol. The summed E-state index contributed by atoms with van der Waals surface area (Å²) in [7, 11) is -2.42. The van der Waals surface area contributed by atoms with Gasteiger partial charge in [-0.15, -0.1) is 0 Å². The van der Waals surface area contributed by atoms with Crippen molar-refractivity contribution in [2.24, 2.45) is 0 Å². The van der Waals surface area contributed by atoms with Crippen LogP contribution in [0.1, 0.15) is 21.5 Å². The molecule has 0 N–H and O–H groups in total. The van der Waals surface area contributed by atoms with Gasteiger partial charge in [-0.2, -0.15) is 13.7 Å². The number of nitriles is 1. The van der Waals surface area contributed by atoms with E-state index in [2.05, 4.69) is 8.92 Å². The highest BCUT2D eigenvalue weighted by Gasteiger charge is 2.14. The van der Waals surface area contributed by atoms with Gasteiger partial charge < -0.3 is 4.74 Å². The summed E-state index contributed by atoms with van der Waals surface area (Å²) in [6.45, 7) is -0.321. The third kappa shape index (κ3) is 3.84. The molecule has 0 spiro atoms. The Morgan fingerprint density at radius 3 is 2.61 bits per heavy atom. The van der Waals surface area contributed by atoms with Crippen molar-refractivity contribution < 1.29 is 22.1 Å². The Bertz CT molecular complexity index is 600. The van der Waals surface area contributed by atoms with E-state index in [4.69, 9.17) is 5.26 Å². The molecule has 96 valence electrons. The van der Waals surface area contributed by atoms with Gasteiger partial charge in [-0.05, 0) is 23.8 Å². The average Bonchev–Trinajstić information content (AvgIpc) is 2.34. The van der Waals surface area contributed by atoms with Crippen LogP contribution in [0.15, 0.2) is 18.2 Å². The van der Waals surface area contributed by atoms with Gasteiger partial charge in [-0.25, -0.2) is 4.79 Å². The van der Waals surface area contributed by atoms with E-state index in [1.54, 1.807) is 0 Å². The van der Waals surface area contributed by atoms with Crippen molar-refractivity contribution in [3.63, 3.8) is 0 Å². The minimum absolute atomic E-state index is 0.167. The predicted octanol–water partition coefficient (Wildman–Crippen LogP) is 0.821. The Morgan fingerprint density at radius 1 is 1.44 bits per heavy atom. The van der Waals surface area contributed by atoms with E-state index in [1.807, 2.05) is 6.07 Å².